The summed E-state index contributed by atoms with van der Waals surface area (Å²) in [7, 11) is 0. The lowest BCUT2D eigenvalue weighted by Crippen LogP contribution is -2.41. The van der Waals surface area contributed by atoms with E-state index in [0.717, 1.165) is 30.5 Å². The van der Waals surface area contributed by atoms with Gasteiger partial charge in [-0.1, -0.05) is 13.0 Å². The van der Waals surface area contributed by atoms with Crippen LogP contribution in [-0.2, 0) is 4.79 Å². The Labute approximate surface area is 151 Å². The summed E-state index contributed by atoms with van der Waals surface area (Å²) < 4.78 is 5.50. The molecule has 0 aliphatic carbocycles. The minimum absolute atomic E-state index is 0.0173. The monoisotopic (exact) mass is 357 g/mol. The Hall–Kier alpha value is -1.92. The Kier molecular flexibility index (Phi) is 4.72. The maximum Gasteiger partial charge on any atom is 0.257 e. The summed E-state index contributed by atoms with van der Waals surface area (Å²) >= 11 is 1.68. The summed E-state index contributed by atoms with van der Waals surface area (Å²) in [4.78, 5) is 16.4. The normalized spacial score (nSPS) is 22.4. The van der Waals surface area contributed by atoms with Crippen LogP contribution in [0.4, 0.5) is 0 Å². The zero-order valence-corrected chi connectivity index (χ0v) is 15.2. The highest BCUT2D eigenvalue weighted by Gasteiger charge is 2.35. The Morgan fingerprint density at radius 2 is 2.16 bits per heavy atom. The standard InChI is InChI=1S/C19H23N3O2S/c1-14-6-8-21(9-7-14)13-19(23)22-16(18-5-3-11-25-18)12-15(20-22)17-4-2-10-24-17/h2-5,10-11,14,16H,6-9,12-13H2,1H3. The molecule has 1 amide bonds. The Bertz CT molecular complexity index is 731. The van der Waals surface area contributed by atoms with E-state index in [1.165, 1.54) is 17.7 Å². The third kappa shape index (κ3) is 3.55. The van der Waals surface area contributed by atoms with Crippen LogP contribution in [0.2, 0.25) is 0 Å². The maximum absolute atomic E-state index is 13.0. The lowest BCUT2D eigenvalue weighted by Gasteiger charge is -2.31. The van der Waals surface area contributed by atoms with Gasteiger partial charge in [0.1, 0.15) is 11.5 Å². The van der Waals surface area contributed by atoms with E-state index in [-0.39, 0.29) is 11.9 Å². The molecule has 2 aliphatic rings. The minimum atomic E-state index is -0.0173. The van der Waals surface area contributed by atoms with Crippen LogP contribution >= 0.6 is 11.3 Å². The number of hydrazone groups is 1. The smallest absolute Gasteiger partial charge is 0.257 e. The summed E-state index contributed by atoms with van der Waals surface area (Å²) in [6, 6.07) is 7.86. The van der Waals surface area contributed by atoms with E-state index < -0.39 is 0 Å². The topological polar surface area (TPSA) is 49.1 Å². The predicted molar refractivity (Wildman–Crippen MR) is 98.6 cm³/mol. The molecule has 25 heavy (non-hydrogen) atoms. The van der Waals surface area contributed by atoms with Gasteiger partial charge in [-0.3, -0.25) is 9.69 Å². The number of carbonyl (C=O) groups is 1. The predicted octanol–water partition coefficient (Wildman–Crippen LogP) is 3.75. The van der Waals surface area contributed by atoms with Crippen molar-refractivity contribution in [3.05, 3.63) is 46.5 Å². The number of carbonyl (C=O) groups excluding carboxylic acids is 1. The molecule has 0 aromatic carbocycles. The number of amides is 1. The minimum Gasteiger partial charge on any atom is -0.463 e. The first-order valence-electron chi connectivity index (χ1n) is 8.90. The summed E-state index contributed by atoms with van der Waals surface area (Å²) in [5, 5.41) is 8.37. The van der Waals surface area contributed by atoms with Crippen molar-refractivity contribution < 1.29 is 9.21 Å². The van der Waals surface area contributed by atoms with Gasteiger partial charge in [-0.2, -0.15) is 5.10 Å². The molecule has 0 N–H and O–H groups in total. The highest BCUT2D eigenvalue weighted by molar-refractivity contribution is 7.10. The fourth-order valence-corrected chi connectivity index (χ4v) is 4.33. The molecule has 1 unspecified atom stereocenters. The van der Waals surface area contributed by atoms with Crippen LogP contribution < -0.4 is 0 Å². The number of hydrogen-bond acceptors (Lipinski definition) is 5. The molecule has 4 rings (SSSR count). The van der Waals surface area contributed by atoms with Crippen LogP contribution in [0.3, 0.4) is 0 Å². The number of rotatable bonds is 4. The highest BCUT2D eigenvalue weighted by atomic mass is 32.1. The van der Waals surface area contributed by atoms with Crippen molar-refractivity contribution in [2.45, 2.75) is 32.2 Å². The molecule has 132 valence electrons. The fraction of sp³-hybridized carbons (Fsp3) is 0.474. The van der Waals surface area contributed by atoms with Crippen molar-refractivity contribution in [2.75, 3.05) is 19.6 Å². The van der Waals surface area contributed by atoms with Crippen molar-refractivity contribution in [2.24, 2.45) is 11.0 Å². The first kappa shape index (κ1) is 16.5. The molecule has 2 aromatic heterocycles. The molecule has 1 saturated heterocycles. The average molecular weight is 357 g/mol. The molecule has 1 atom stereocenters. The molecular formula is C19H23N3O2S. The number of hydrogen-bond donors (Lipinski definition) is 0. The van der Waals surface area contributed by atoms with Crippen LogP contribution in [0.1, 0.15) is 42.9 Å². The first-order valence-corrected chi connectivity index (χ1v) is 9.78. The van der Waals surface area contributed by atoms with Crippen LogP contribution in [0.15, 0.2) is 45.4 Å². The molecule has 0 bridgehead atoms. The summed E-state index contributed by atoms with van der Waals surface area (Å²) in [6.07, 6.45) is 4.69. The number of nitrogens with zero attached hydrogens (tertiary/aromatic N) is 3. The number of likely N-dealkylation sites (tertiary alicyclic amines) is 1. The lowest BCUT2D eigenvalue weighted by atomic mass is 9.99. The maximum atomic E-state index is 13.0. The van der Waals surface area contributed by atoms with Gasteiger partial charge in [0.05, 0.1) is 18.8 Å². The third-order valence-corrected chi connectivity index (χ3v) is 6.05. The van der Waals surface area contributed by atoms with Crippen molar-refractivity contribution in [3.63, 3.8) is 0 Å². The summed E-state index contributed by atoms with van der Waals surface area (Å²) in [5.74, 6) is 1.60. The molecule has 2 aromatic rings. The van der Waals surface area contributed by atoms with Crippen LogP contribution in [0.5, 0.6) is 0 Å². The molecule has 6 heteroatoms. The Balaban J connectivity index is 1.52. The van der Waals surface area contributed by atoms with Gasteiger partial charge in [0.25, 0.3) is 5.91 Å². The van der Waals surface area contributed by atoms with E-state index in [1.807, 2.05) is 18.2 Å². The molecule has 1 fully saturated rings. The van der Waals surface area contributed by atoms with E-state index >= 15 is 0 Å². The van der Waals surface area contributed by atoms with E-state index in [9.17, 15) is 4.79 Å². The molecule has 2 aliphatic heterocycles. The molecule has 5 nitrogen and oxygen atoms in total. The van der Waals surface area contributed by atoms with Crippen molar-refractivity contribution >= 4 is 23.0 Å². The van der Waals surface area contributed by atoms with Gasteiger partial charge < -0.3 is 4.42 Å². The number of piperidine rings is 1. The number of thiophene rings is 1. The van der Waals surface area contributed by atoms with Crippen molar-refractivity contribution in [1.29, 1.82) is 0 Å². The Morgan fingerprint density at radius 1 is 1.32 bits per heavy atom. The Morgan fingerprint density at radius 3 is 2.84 bits per heavy atom. The second-order valence-corrected chi connectivity index (χ2v) is 7.94. The van der Waals surface area contributed by atoms with Crippen molar-refractivity contribution in [1.82, 2.24) is 9.91 Å². The van der Waals surface area contributed by atoms with Gasteiger partial charge in [-0.25, -0.2) is 5.01 Å². The molecule has 4 heterocycles. The van der Waals surface area contributed by atoms with E-state index in [4.69, 9.17) is 4.42 Å². The quantitative estimate of drug-likeness (QED) is 0.837. The largest absolute Gasteiger partial charge is 0.463 e. The third-order valence-electron chi connectivity index (χ3n) is 5.08. The zero-order valence-electron chi connectivity index (χ0n) is 14.4. The number of furan rings is 1. The van der Waals surface area contributed by atoms with Crippen LogP contribution in [-0.4, -0.2) is 41.2 Å². The first-order chi connectivity index (χ1) is 12.2. The fourth-order valence-electron chi connectivity index (χ4n) is 3.52. The average Bonchev–Trinajstić information content (AvgIpc) is 3.36. The van der Waals surface area contributed by atoms with Crippen LogP contribution in [0, 0.1) is 5.92 Å². The van der Waals surface area contributed by atoms with Gasteiger partial charge >= 0.3 is 0 Å². The highest BCUT2D eigenvalue weighted by Crippen LogP contribution is 2.35. The lowest BCUT2D eigenvalue weighted by molar-refractivity contribution is -0.134. The van der Waals surface area contributed by atoms with Gasteiger partial charge in [0.15, 0.2) is 0 Å². The molecular weight excluding hydrogens is 334 g/mol. The second-order valence-electron chi connectivity index (χ2n) is 6.96. The molecule has 0 spiro atoms. The van der Waals surface area contributed by atoms with Crippen molar-refractivity contribution in [3.8, 4) is 0 Å². The van der Waals surface area contributed by atoms with Gasteiger partial charge in [0.2, 0.25) is 0 Å². The van der Waals surface area contributed by atoms with E-state index in [2.05, 4.69) is 28.4 Å². The summed E-state index contributed by atoms with van der Waals surface area (Å²) in [6.45, 7) is 4.73. The van der Waals surface area contributed by atoms with E-state index in [0.29, 0.717) is 13.0 Å². The van der Waals surface area contributed by atoms with Gasteiger partial charge in [0, 0.05) is 11.3 Å². The summed E-state index contributed by atoms with van der Waals surface area (Å²) in [5.41, 5.74) is 0.851. The molecule has 0 saturated carbocycles. The van der Waals surface area contributed by atoms with Crippen LogP contribution in [0.25, 0.3) is 0 Å². The van der Waals surface area contributed by atoms with Gasteiger partial charge in [-0.15, -0.1) is 11.3 Å². The molecule has 0 radical (unpaired) electrons. The van der Waals surface area contributed by atoms with E-state index in [1.54, 1.807) is 22.6 Å². The zero-order chi connectivity index (χ0) is 17.2. The second kappa shape index (κ2) is 7.14. The SMILES string of the molecule is CC1CCN(CC(=O)N2N=C(c3ccco3)CC2c2cccs2)CC1. The van der Waals surface area contributed by atoms with Gasteiger partial charge in [-0.05, 0) is 55.4 Å².